The highest BCUT2D eigenvalue weighted by Crippen LogP contribution is 2.10. The van der Waals surface area contributed by atoms with Crippen molar-refractivity contribution in [2.24, 2.45) is 5.92 Å². The summed E-state index contributed by atoms with van der Waals surface area (Å²) in [7, 11) is 0. The van der Waals surface area contributed by atoms with Crippen molar-refractivity contribution in [1.29, 1.82) is 0 Å². The summed E-state index contributed by atoms with van der Waals surface area (Å²) in [5, 5.41) is 5.37. The van der Waals surface area contributed by atoms with Crippen LogP contribution in [0, 0.1) is 5.92 Å². The van der Waals surface area contributed by atoms with Crippen molar-refractivity contribution in [2.75, 3.05) is 0 Å². The van der Waals surface area contributed by atoms with Crippen LogP contribution in [0.25, 0.3) is 0 Å². The van der Waals surface area contributed by atoms with Gasteiger partial charge in [0.1, 0.15) is 18.9 Å². The fraction of sp³-hybridized carbons (Fsp3) is 0.348. The zero-order valence-corrected chi connectivity index (χ0v) is 16.8. The monoisotopic (exact) mass is 396 g/mol. The van der Waals surface area contributed by atoms with Crippen molar-refractivity contribution in [1.82, 2.24) is 10.6 Å². The highest BCUT2D eigenvalue weighted by atomic mass is 16.5. The molecule has 0 radical (unpaired) electrons. The van der Waals surface area contributed by atoms with Gasteiger partial charge in [-0.2, -0.15) is 0 Å². The van der Waals surface area contributed by atoms with Crippen LogP contribution in [0.4, 0.5) is 4.79 Å². The molecule has 3 atom stereocenters. The molecule has 2 aromatic carbocycles. The van der Waals surface area contributed by atoms with E-state index in [2.05, 4.69) is 10.6 Å². The summed E-state index contributed by atoms with van der Waals surface area (Å²) in [6, 6.07) is 17.3. The molecule has 2 amide bonds. The summed E-state index contributed by atoms with van der Waals surface area (Å²) in [5.41, 5.74) is 1.80. The predicted molar refractivity (Wildman–Crippen MR) is 111 cm³/mol. The van der Waals surface area contributed by atoms with Crippen LogP contribution < -0.4 is 10.6 Å². The standard InChI is InChI=1S/C23H28N2O4/c1-3-17(2)21(25-23(28)29-16-19-12-8-5-9-13-19)22(27)24-20(15-26)14-18-10-6-4-7-11-18/h4-13,15,17,20-21H,3,14,16H2,1-2H3,(H,24,27)(H,25,28)/t17?,20?,21-/m0/s1. The predicted octanol–water partition coefficient (Wildman–Crippen LogP) is 3.25. The lowest BCUT2D eigenvalue weighted by Crippen LogP contribution is -2.53. The Morgan fingerprint density at radius 3 is 2.10 bits per heavy atom. The fourth-order valence-electron chi connectivity index (χ4n) is 2.87. The van der Waals surface area contributed by atoms with Gasteiger partial charge in [-0.1, -0.05) is 80.9 Å². The van der Waals surface area contributed by atoms with Crippen LogP contribution in [0.2, 0.25) is 0 Å². The van der Waals surface area contributed by atoms with Gasteiger partial charge in [0.15, 0.2) is 0 Å². The molecule has 0 bridgehead atoms. The number of ether oxygens (including phenoxy) is 1. The van der Waals surface area contributed by atoms with E-state index in [1.807, 2.05) is 74.5 Å². The number of alkyl carbamates (subject to hydrolysis) is 1. The van der Waals surface area contributed by atoms with Gasteiger partial charge in [-0.15, -0.1) is 0 Å². The molecule has 2 unspecified atom stereocenters. The number of nitrogens with one attached hydrogen (secondary N) is 2. The van der Waals surface area contributed by atoms with E-state index in [-0.39, 0.29) is 12.5 Å². The van der Waals surface area contributed by atoms with Gasteiger partial charge >= 0.3 is 6.09 Å². The van der Waals surface area contributed by atoms with Crippen molar-refractivity contribution in [3.8, 4) is 0 Å². The van der Waals surface area contributed by atoms with Gasteiger partial charge in [0.05, 0.1) is 6.04 Å². The van der Waals surface area contributed by atoms with E-state index in [0.29, 0.717) is 19.1 Å². The molecule has 6 heteroatoms. The van der Waals surface area contributed by atoms with Crippen molar-refractivity contribution in [2.45, 2.75) is 45.4 Å². The zero-order chi connectivity index (χ0) is 21.1. The minimum atomic E-state index is -0.790. The van der Waals surface area contributed by atoms with E-state index in [0.717, 1.165) is 11.1 Å². The Labute approximate surface area is 171 Å². The molecule has 0 aliphatic carbocycles. The molecule has 0 saturated heterocycles. The minimum Gasteiger partial charge on any atom is -0.445 e. The van der Waals surface area contributed by atoms with Crippen LogP contribution in [0.15, 0.2) is 60.7 Å². The quantitative estimate of drug-likeness (QED) is 0.604. The fourth-order valence-corrected chi connectivity index (χ4v) is 2.87. The first kappa shape index (κ1) is 22.1. The zero-order valence-electron chi connectivity index (χ0n) is 16.8. The molecule has 0 aromatic heterocycles. The van der Waals surface area contributed by atoms with Crippen molar-refractivity contribution in [3.63, 3.8) is 0 Å². The number of carbonyl (C=O) groups is 3. The van der Waals surface area contributed by atoms with Crippen LogP contribution in [0.5, 0.6) is 0 Å². The van der Waals surface area contributed by atoms with Gasteiger partial charge in [0.25, 0.3) is 0 Å². The molecular weight excluding hydrogens is 368 g/mol. The lowest BCUT2D eigenvalue weighted by atomic mass is 9.97. The average Bonchev–Trinajstić information content (AvgIpc) is 2.76. The molecule has 0 aliphatic heterocycles. The second kappa shape index (κ2) is 11.6. The second-order valence-corrected chi connectivity index (χ2v) is 7.01. The number of hydrogen-bond donors (Lipinski definition) is 2. The van der Waals surface area contributed by atoms with Gasteiger partial charge in [-0.05, 0) is 23.5 Å². The number of hydrogen-bond acceptors (Lipinski definition) is 4. The van der Waals surface area contributed by atoms with Crippen molar-refractivity contribution < 1.29 is 19.1 Å². The van der Waals surface area contributed by atoms with E-state index in [1.165, 1.54) is 0 Å². The maximum absolute atomic E-state index is 12.8. The largest absolute Gasteiger partial charge is 0.445 e. The van der Waals surface area contributed by atoms with E-state index in [1.54, 1.807) is 0 Å². The molecule has 2 aromatic rings. The normalized spacial score (nSPS) is 13.6. The summed E-state index contributed by atoms with van der Waals surface area (Å²) >= 11 is 0. The maximum atomic E-state index is 12.8. The van der Waals surface area contributed by atoms with E-state index < -0.39 is 24.1 Å². The lowest BCUT2D eigenvalue weighted by molar-refractivity contribution is -0.126. The highest BCUT2D eigenvalue weighted by Gasteiger charge is 2.28. The van der Waals surface area contributed by atoms with Crippen LogP contribution in [0.1, 0.15) is 31.4 Å². The number of benzene rings is 2. The third-order valence-electron chi connectivity index (χ3n) is 4.77. The summed E-state index contributed by atoms with van der Waals surface area (Å²) in [5.74, 6) is -0.521. The summed E-state index contributed by atoms with van der Waals surface area (Å²) in [4.78, 5) is 36.4. The maximum Gasteiger partial charge on any atom is 0.408 e. The minimum absolute atomic E-state index is 0.118. The smallest absolute Gasteiger partial charge is 0.408 e. The Morgan fingerprint density at radius 2 is 1.55 bits per heavy atom. The molecule has 154 valence electrons. The Hall–Kier alpha value is -3.15. The molecule has 6 nitrogen and oxygen atoms in total. The molecule has 0 heterocycles. The Kier molecular flexibility index (Phi) is 8.89. The van der Waals surface area contributed by atoms with Gasteiger partial charge in [0, 0.05) is 0 Å². The number of rotatable bonds is 10. The first-order valence-corrected chi connectivity index (χ1v) is 9.80. The first-order valence-electron chi connectivity index (χ1n) is 9.80. The van der Waals surface area contributed by atoms with Crippen LogP contribution in [-0.4, -0.2) is 30.4 Å². The van der Waals surface area contributed by atoms with Gasteiger partial charge in [-0.25, -0.2) is 4.79 Å². The van der Waals surface area contributed by atoms with Gasteiger partial charge in [0.2, 0.25) is 5.91 Å². The number of aldehydes is 1. The van der Waals surface area contributed by atoms with E-state index in [9.17, 15) is 14.4 Å². The highest BCUT2D eigenvalue weighted by molar-refractivity contribution is 5.87. The van der Waals surface area contributed by atoms with Crippen LogP contribution in [-0.2, 0) is 27.4 Å². The molecule has 2 rings (SSSR count). The van der Waals surface area contributed by atoms with E-state index >= 15 is 0 Å². The lowest BCUT2D eigenvalue weighted by Gasteiger charge is -2.25. The Balaban J connectivity index is 1.95. The molecule has 0 spiro atoms. The Bertz CT molecular complexity index is 780. The summed E-state index contributed by atoms with van der Waals surface area (Å²) < 4.78 is 5.23. The molecule has 0 fully saturated rings. The van der Waals surface area contributed by atoms with E-state index in [4.69, 9.17) is 4.74 Å². The third kappa shape index (κ3) is 7.41. The number of amides is 2. The molecule has 0 saturated carbocycles. The summed E-state index contributed by atoms with van der Waals surface area (Å²) in [6.07, 6.45) is 1.12. The second-order valence-electron chi connectivity index (χ2n) is 7.01. The van der Waals surface area contributed by atoms with Crippen molar-refractivity contribution in [3.05, 3.63) is 71.8 Å². The first-order chi connectivity index (χ1) is 14.0. The Morgan fingerprint density at radius 1 is 0.966 bits per heavy atom. The topological polar surface area (TPSA) is 84.5 Å². The van der Waals surface area contributed by atoms with Gasteiger partial charge in [-0.3, -0.25) is 4.79 Å². The van der Waals surface area contributed by atoms with Crippen LogP contribution in [0.3, 0.4) is 0 Å². The molecule has 29 heavy (non-hydrogen) atoms. The molecule has 2 N–H and O–H groups in total. The number of carbonyl (C=O) groups excluding carboxylic acids is 3. The SMILES string of the molecule is CCC(C)[C@H](NC(=O)OCc1ccccc1)C(=O)NC(C=O)Cc1ccccc1. The molecular formula is C23H28N2O4. The van der Waals surface area contributed by atoms with Crippen molar-refractivity contribution >= 4 is 18.3 Å². The third-order valence-corrected chi connectivity index (χ3v) is 4.77. The average molecular weight is 396 g/mol. The van der Waals surface area contributed by atoms with Crippen LogP contribution >= 0.6 is 0 Å². The summed E-state index contributed by atoms with van der Waals surface area (Å²) in [6.45, 7) is 3.92. The van der Waals surface area contributed by atoms with Gasteiger partial charge < -0.3 is 20.2 Å². The molecule has 0 aliphatic rings.